The summed E-state index contributed by atoms with van der Waals surface area (Å²) in [5, 5.41) is 16.0. The summed E-state index contributed by atoms with van der Waals surface area (Å²) in [4.78, 5) is 33.2. The lowest BCUT2D eigenvalue weighted by Gasteiger charge is -2.13. The van der Waals surface area contributed by atoms with Crippen molar-refractivity contribution < 1.29 is 19.5 Å². The van der Waals surface area contributed by atoms with Crippen molar-refractivity contribution in [2.45, 2.75) is 39.2 Å². The van der Waals surface area contributed by atoms with E-state index in [1.54, 1.807) is 0 Å². The Kier molecular flexibility index (Phi) is 12.3. The summed E-state index contributed by atoms with van der Waals surface area (Å²) >= 11 is 0. The Morgan fingerprint density at radius 3 is 2.26 bits per heavy atom. The fourth-order valence-corrected chi connectivity index (χ4v) is 1.27. The molecular weight excluding hydrogens is 274 g/mol. The van der Waals surface area contributed by atoms with Crippen LogP contribution in [0.3, 0.4) is 0 Å². The third-order valence-electron chi connectivity index (χ3n) is 2.17. The lowest BCUT2D eigenvalue weighted by Crippen LogP contribution is -2.47. The summed E-state index contributed by atoms with van der Waals surface area (Å²) in [6.45, 7) is 4.04. The van der Waals surface area contributed by atoms with Gasteiger partial charge in [0.2, 0.25) is 5.91 Å². The Labute approximate surface area is 118 Å². The van der Waals surface area contributed by atoms with Crippen LogP contribution in [-0.2, 0) is 9.59 Å². The molecule has 0 aromatic carbocycles. The summed E-state index contributed by atoms with van der Waals surface area (Å²) in [7, 11) is 0. The smallest absolute Gasteiger partial charge is 0.321 e. The topological polar surface area (TPSA) is 108 Å². The van der Waals surface area contributed by atoms with Crippen LogP contribution >= 0.6 is 12.4 Å². The van der Waals surface area contributed by atoms with E-state index >= 15 is 0 Å². The average molecular weight is 296 g/mol. The maximum Gasteiger partial charge on any atom is 0.321 e. The highest BCUT2D eigenvalue weighted by Gasteiger charge is 2.17. The average Bonchev–Trinajstić information content (AvgIpc) is 2.31. The lowest BCUT2D eigenvalue weighted by atomic mass is 10.2. The van der Waals surface area contributed by atoms with Crippen LogP contribution in [0.15, 0.2) is 0 Å². The number of carboxylic acids is 1. The molecule has 4 N–H and O–H groups in total. The molecule has 0 radical (unpaired) electrons. The predicted molar refractivity (Wildman–Crippen MR) is 73.4 cm³/mol. The minimum atomic E-state index is -1.000. The molecule has 1 atom stereocenters. The summed E-state index contributed by atoms with van der Waals surface area (Å²) in [6, 6.07) is -1.33. The van der Waals surface area contributed by atoms with Gasteiger partial charge < -0.3 is 10.4 Å². The zero-order chi connectivity index (χ0) is 14.0. The second-order valence-electron chi connectivity index (χ2n) is 3.86. The zero-order valence-corrected chi connectivity index (χ0v) is 12.0. The van der Waals surface area contributed by atoms with Gasteiger partial charge in [-0.05, 0) is 12.8 Å². The molecule has 0 bridgehead atoms. The summed E-state index contributed by atoms with van der Waals surface area (Å²) < 4.78 is 0. The van der Waals surface area contributed by atoms with E-state index in [4.69, 9.17) is 5.11 Å². The number of amides is 3. The van der Waals surface area contributed by atoms with Crippen LogP contribution in [0.2, 0.25) is 0 Å². The Bertz CT molecular complexity index is 300. The standard InChI is InChI=1S/C11H21N3O4.ClH/c1-3-5-8(10(16)17)13-7-9(15)14-11(18)12-6-4-2;/h8,13H,3-7H2,1-2H3,(H,16,17)(H2,12,14,15,18);1H. The molecule has 0 spiro atoms. The van der Waals surface area contributed by atoms with Gasteiger partial charge in [0.15, 0.2) is 0 Å². The van der Waals surface area contributed by atoms with Crippen molar-refractivity contribution in [1.29, 1.82) is 0 Å². The first-order valence-corrected chi connectivity index (χ1v) is 6.05. The first-order chi connectivity index (χ1) is 8.51. The van der Waals surface area contributed by atoms with Crippen LogP contribution in [-0.4, -0.2) is 42.1 Å². The number of urea groups is 1. The molecule has 0 aliphatic heterocycles. The van der Waals surface area contributed by atoms with Gasteiger partial charge in [-0.1, -0.05) is 20.3 Å². The number of carbonyl (C=O) groups is 3. The third kappa shape index (κ3) is 10.3. The van der Waals surface area contributed by atoms with Crippen LogP contribution in [0, 0.1) is 0 Å². The van der Waals surface area contributed by atoms with Gasteiger partial charge in [0.25, 0.3) is 0 Å². The minimum Gasteiger partial charge on any atom is -0.480 e. The van der Waals surface area contributed by atoms with Gasteiger partial charge in [0.1, 0.15) is 6.04 Å². The number of imide groups is 1. The van der Waals surface area contributed by atoms with Gasteiger partial charge in [-0.25, -0.2) is 4.79 Å². The summed E-state index contributed by atoms with van der Waals surface area (Å²) in [5.74, 6) is -1.55. The van der Waals surface area contributed by atoms with Crippen molar-refractivity contribution >= 4 is 30.3 Å². The fraction of sp³-hybridized carbons (Fsp3) is 0.727. The molecule has 0 fully saturated rings. The van der Waals surface area contributed by atoms with Gasteiger partial charge in [0, 0.05) is 6.54 Å². The number of hydrogen-bond acceptors (Lipinski definition) is 4. The van der Waals surface area contributed by atoms with Crippen LogP contribution in [0.5, 0.6) is 0 Å². The van der Waals surface area contributed by atoms with Gasteiger partial charge >= 0.3 is 12.0 Å². The lowest BCUT2D eigenvalue weighted by molar-refractivity contribution is -0.139. The first kappa shape index (κ1) is 20.0. The molecule has 0 rings (SSSR count). The molecule has 0 aliphatic carbocycles. The van der Waals surface area contributed by atoms with Crippen LogP contribution in [0.4, 0.5) is 4.79 Å². The highest BCUT2D eigenvalue weighted by atomic mass is 35.5. The fourth-order valence-electron chi connectivity index (χ4n) is 1.27. The molecule has 0 heterocycles. The Balaban J connectivity index is 0. The molecule has 0 saturated heterocycles. The SMILES string of the molecule is CCCNC(=O)NC(=O)CNC(CCC)C(=O)O.Cl. The second kappa shape index (κ2) is 11.7. The van der Waals surface area contributed by atoms with Crippen molar-refractivity contribution in [3.05, 3.63) is 0 Å². The van der Waals surface area contributed by atoms with E-state index < -0.39 is 23.9 Å². The second-order valence-corrected chi connectivity index (χ2v) is 3.86. The van der Waals surface area contributed by atoms with Crippen LogP contribution in [0.25, 0.3) is 0 Å². The monoisotopic (exact) mass is 295 g/mol. The highest BCUT2D eigenvalue weighted by Crippen LogP contribution is 1.95. The third-order valence-corrected chi connectivity index (χ3v) is 2.17. The molecule has 112 valence electrons. The number of rotatable bonds is 8. The predicted octanol–water partition coefficient (Wildman–Crippen LogP) is 0.487. The maximum atomic E-state index is 11.3. The minimum absolute atomic E-state index is 0. The molecule has 3 amide bonds. The Hall–Kier alpha value is -1.34. The molecule has 7 nitrogen and oxygen atoms in total. The first-order valence-electron chi connectivity index (χ1n) is 6.05. The molecule has 1 unspecified atom stereocenters. The Morgan fingerprint density at radius 2 is 1.79 bits per heavy atom. The van der Waals surface area contributed by atoms with Crippen molar-refractivity contribution in [3.63, 3.8) is 0 Å². The number of nitrogens with one attached hydrogen (secondary N) is 3. The van der Waals surface area contributed by atoms with Crippen LogP contribution < -0.4 is 16.0 Å². The van der Waals surface area contributed by atoms with E-state index in [0.717, 1.165) is 6.42 Å². The molecule has 0 saturated carbocycles. The number of aliphatic carboxylic acids is 1. The zero-order valence-electron chi connectivity index (χ0n) is 11.2. The summed E-state index contributed by atoms with van der Waals surface area (Å²) in [6.07, 6.45) is 1.91. The van der Waals surface area contributed by atoms with Crippen molar-refractivity contribution in [2.75, 3.05) is 13.1 Å². The van der Waals surface area contributed by atoms with E-state index in [1.807, 2.05) is 13.8 Å². The number of carbonyl (C=O) groups excluding carboxylic acids is 2. The van der Waals surface area contributed by atoms with E-state index in [1.165, 1.54) is 0 Å². The number of carboxylic acid groups (broad SMARTS) is 1. The Morgan fingerprint density at radius 1 is 1.16 bits per heavy atom. The maximum absolute atomic E-state index is 11.3. The molecule has 0 aromatic rings. The molecule has 8 heteroatoms. The van der Waals surface area contributed by atoms with E-state index in [0.29, 0.717) is 19.4 Å². The van der Waals surface area contributed by atoms with Gasteiger partial charge in [-0.3, -0.25) is 20.2 Å². The van der Waals surface area contributed by atoms with E-state index in [-0.39, 0.29) is 19.0 Å². The number of halogens is 1. The quantitative estimate of drug-likeness (QED) is 0.521. The number of hydrogen-bond donors (Lipinski definition) is 4. The van der Waals surface area contributed by atoms with Gasteiger partial charge in [-0.2, -0.15) is 0 Å². The van der Waals surface area contributed by atoms with Crippen molar-refractivity contribution in [1.82, 2.24) is 16.0 Å². The molecular formula is C11H22ClN3O4. The molecule has 0 aromatic heterocycles. The van der Waals surface area contributed by atoms with Gasteiger partial charge in [-0.15, -0.1) is 12.4 Å². The van der Waals surface area contributed by atoms with E-state index in [9.17, 15) is 14.4 Å². The normalized spacial score (nSPS) is 11.1. The van der Waals surface area contributed by atoms with E-state index in [2.05, 4.69) is 16.0 Å². The largest absolute Gasteiger partial charge is 0.480 e. The van der Waals surface area contributed by atoms with Crippen LogP contribution in [0.1, 0.15) is 33.1 Å². The van der Waals surface area contributed by atoms with Gasteiger partial charge in [0.05, 0.1) is 6.54 Å². The molecule has 0 aliphatic rings. The highest BCUT2D eigenvalue weighted by molar-refractivity contribution is 5.95. The summed E-state index contributed by atoms with van der Waals surface area (Å²) in [5.41, 5.74) is 0. The van der Waals surface area contributed by atoms with Crippen molar-refractivity contribution in [2.24, 2.45) is 0 Å². The molecule has 19 heavy (non-hydrogen) atoms. The van der Waals surface area contributed by atoms with Crippen molar-refractivity contribution in [3.8, 4) is 0 Å².